The van der Waals surface area contributed by atoms with E-state index in [9.17, 15) is 10.1 Å². The Morgan fingerprint density at radius 3 is 2.80 bits per heavy atom. The molecule has 20 heavy (non-hydrogen) atoms. The molecule has 1 saturated heterocycles. The highest BCUT2D eigenvalue weighted by atomic mass is 79.9. The molecule has 0 aliphatic carbocycles. The minimum absolute atomic E-state index is 0.108. The smallest absolute Gasteiger partial charge is 0.243 e. The van der Waals surface area contributed by atoms with Gasteiger partial charge in [-0.15, -0.1) is 0 Å². The fraction of sp³-hybridized carbons (Fsp3) is 0.467. The van der Waals surface area contributed by atoms with E-state index in [4.69, 9.17) is 4.74 Å². The van der Waals surface area contributed by atoms with Gasteiger partial charge in [0.15, 0.2) is 0 Å². The van der Waals surface area contributed by atoms with E-state index in [-0.39, 0.29) is 5.91 Å². The van der Waals surface area contributed by atoms with Gasteiger partial charge in [0, 0.05) is 31.3 Å². The Balaban J connectivity index is 2.10. The van der Waals surface area contributed by atoms with Crippen molar-refractivity contribution in [3.8, 4) is 6.07 Å². The lowest BCUT2D eigenvalue weighted by Gasteiger charge is -2.33. The summed E-state index contributed by atoms with van der Waals surface area (Å²) in [5.74, 6) is -0.108. The molecule has 1 aliphatic heterocycles. The van der Waals surface area contributed by atoms with E-state index in [2.05, 4.69) is 22.0 Å². The van der Waals surface area contributed by atoms with Crippen LogP contribution in [0.25, 0.3) is 0 Å². The second kappa shape index (κ2) is 6.38. The normalized spacial score (nSPS) is 17.2. The third kappa shape index (κ3) is 3.20. The summed E-state index contributed by atoms with van der Waals surface area (Å²) < 4.78 is 6.25. The van der Waals surface area contributed by atoms with Crippen LogP contribution in [0.2, 0.25) is 0 Å². The fourth-order valence-electron chi connectivity index (χ4n) is 2.44. The van der Waals surface area contributed by atoms with Gasteiger partial charge in [-0.2, -0.15) is 5.26 Å². The van der Waals surface area contributed by atoms with Gasteiger partial charge in [-0.05, 0) is 30.5 Å². The maximum absolute atomic E-state index is 12.6. The lowest BCUT2D eigenvalue weighted by molar-refractivity contribution is -0.142. The summed E-state index contributed by atoms with van der Waals surface area (Å²) in [7, 11) is 1.75. The van der Waals surface area contributed by atoms with Crippen LogP contribution in [-0.2, 0) is 16.1 Å². The van der Waals surface area contributed by atoms with Crippen molar-refractivity contribution < 1.29 is 9.53 Å². The SMILES string of the molecule is CN(Cc1cccc(Br)c1)C(=O)C1(C#N)CCOCC1. The van der Waals surface area contributed by atoms with Gasteiger partial charge in [0.05, 0.1) is 6.07 Å². The third-order valence-corrected chi connectivity index (χ3v) is 4.12. The number of rotatable bonds is 3. The van der Waals surface area contributed by atoms with Crippen LogP contribution >= 0.6 is 15.9 Å². The Hall–Kier alpha value is -1.38. The van der Waals surface area contributed by atoms with Gasteiger partial charge in [0.2, 0.25) is 5.91 Å². The Morgan fingerprint density at radius 2 is 2.20 bits per heavy atom. The largest absolute Gasteiger partial charge is 0.381 e. The van der Waals surface area contributed by atoms with E-state index in [1.54, 1.807) is 11.9 Å². The topological polar surface area (TPSA) is 53.3 Å². The highest BCUT2D eigenvalue weighted by Gasteiger charge is 2.42. The molecule has 1 aromatic carbocycles. The number of nitriles is 1. The standard InChI is InChI=1S/C15H17BrN2O2/c1-18(10-12-3-2-4-13(16)9-12)14(19)15(11-17)5-7-20-8-6-15/h2-4,9H,5-8,10H2,1H3. The van der Waals surface area contributed by atoms with Crippen molar-refractivity contribution in [2.45, 2.75) is 19.4 Å². The summed E-state index contributed by atoms with van der Waals surface area (Å²) in [6.07, 6.45) is 0.955. The average molecular weight is 337 g/mol. The highest BCUT2D eigenvalue weighted by molar-refractivity contribution is 9.10. The molecule has 0 aromatic heterocycles. The van der Waals surface area contributed by atoms with Gasteiger partial charge in [-0.25, -0.2) is 0 Å². The Labute approximate surface area is 127 Å². The molecule has 0 saturated carbocycles. The van der Waals surface area contributed by atoms with Crippen molar-refractivity contribution in [1.82, 2.24) is 4.90 Å². The average Bonchev–Trinajstić information content (AvgIpc) is 2.47. The van der Waals surface area contributed by atoms with Crippen molar-refractivity contribution >= 4 is 21.8 Å². The molecule has 1 amide bonds. The predicted octanol–water partition coefficient (Wildman–Crippen LogP) is 2.73. The lowest BCUT2D eigenvalue weighted by atomic mass is 9.80. The molecule has 2 rings (SSSR count). The number of carbonyl (C=O) groups is 1. The Kier molecular flexibility index (Phi) is 4.79. The number of hydrogen-bond donors (Lipinski definition) is 0. The number of amides is 1. The van der Waals surface area contributed by atoms with Crippen LogP contribution < -0.4 is 0 Å². The number of benzene rings is 1. The van der Waals surface area contributed by atoms with Crippen LogP contribution in [0.3, 0.4) is 0 Å². The summed E-state index contributed by atoms with van der Waals surface area (Å²) >= 11 is 3.42. The summed E-state index contributed by atoms with van der Waals surface area (Å²) in [6.45, 7) is 1.45. The first-order valence-corrected chi connectivity index (χ1v) is 7.36. The number of ether oxygens (including phenoxy) is 1. The summed E-state index contributed by atoms with van der Waals surface area (Å²) in [6, 6.07) is 10.0. The van der Waals surface area contributed by atoms with Gasteiger partial charge in [0.25, 0.3) is 0 Å². The molecular formula is C15H17BrN2O2. The quantitative estimate of drug-likeness (QED) is 0.852. The zero-order valence-electron chi connectivity index (χ0n) is 11.4. The molecule has 0 unspecified atom stereocenters. The molecule has 5 heteroatoms. The van der Waals surface area contributed by atoms with E-state index in [1.165, 1.54) is 0 Å². The zero-order valence-corrected chi connectivity index (χ0v) is 13.0. The molecule has 4 nitrogen and oxygen atoms in total. The fourth-order valence-corrected chi connectivity index (χ4v) is 2.89. The number of nitrogens with zero attached hydrogens (tertiary/aromatic N) is 2. The lowest BCUT2D eigenvalue weighted by Crippen LogP contribution is -2.44. The van der Waals surface area contributed by atoms with Crippen molar-refractivity contribution in [2.24, 2.45) is 5.41 Å². The zero-order chi connectivity index (χ0) is 14.6. The van der Waals surface area contributed by atoms with Gasteiger partial charge >= 0.3 is 0 Å². The molecular weight excluding hydrogens is 320 g/mol. The Morgan fingerprint density at radius 1 is 1.50 bits per heavy atom. The molecule has 1 aromatic rings. The first-order chi connectivity index (χ1) is 9.57. The van der Waals surface area contributed by atoms with Crippen molar-refractivity contribution in [1.29, 1.82) is 5.26 Å². The van der Waals surface area contributed by atoms with Crippen LogP contribution in [0, 0.1) is 16.7 Å². The molecule has 1 fully saturated rings. The number of carbonyl (C=O) groups excluding carboxylic acids is 1. The molecule has 1 heterocycles. The van der Waals surface area contributed by atoms with Crippen LogP contribution in [0.5, 0.6) is 0 Å². The molecule has 1 aliphatic rings. The van der Waals surface area contributed by atoms with E-state index < -0.39 is 5.41 Å². The highest BCUT2D eigenvalue weighted by Crippen LogP contribution is 2.32. The minimum Gasteiger partial charge on any atom is -0.381 e. The molecule has 106 valence electrons. The minimum atomic E-state index is -0.918. The van der Waals surface area contributed by atoms with Crippen LogP contribution in [0.4, 0.5) is 0 Å². The summed E-state index contributed by atoms with van der Waals surface area (Å²) in [4.78, 5) is 14.2. The first kappa shape index (κ1) is 15.0. The molecule has 0 N–H and O–H groups in total. The maximum Gasteiger partial charge on any atom is 0.243 e. The predicted molar refractivity (Wildman–Crippen MR) is 78.7 cm³/mol. The summed E-state index contributed by atoms with van der Waals surface area (Å²) in [5, 5.41) is 9.41. The van der Waals surface area contributed by atoms with Crippen molar-refractivity contribution in [2.75, 3.05) is 20.3 Å². The second-order valence-corrected chi connectivity index (χ2v) is 6.01. The third-order valence-electron chi connectivity index (χ3n) is 3.63. The number of hydrogen-bond acceptors (Lipinski definition) is 3. The summed E-state index contributed by atoms with van der Waals surface area (Å²) in [5.41, 5.74) is 0.120. The number of halogens is 1. The van der Waals surface area contributed by atoms with Crippen LogP contribution in [-0.4, -0.2) is 31.1 Å². The second-order valence-electron chi connectivity index (χ2n) is 5.10. The Bertz CT molecular complexity index is 533. The van der Waals surface area contributed by atoms with Crippen LogP contribution in [0.1, 0.15) is 18.4 Å². The first-order valence-electron chi connectivity index (χ1n) is 6.56. The van der Waals surface area contributed by atoms with Gasteiger partial charge in [-0.3, -0.25) is 4.79 Å². The molecule has 0 bridgehead atoms. The van der Waals surface area contributed by atoms with Crippen molar-refractivity contribution in [3.63, 3.8) is 0 Å². The molecule has 0 atom stereocenters. The van der Waals surface area contributed by atoms with E-state index >= 15 is 0 Å². The van der Waals surface area contributed by atoms with Gasteiger partial charge < -0.3 is 9.64 Å². The van der Waals surface area contributed by atoms with Crippen molar-refractivity contribution in [3.05, 3.63) is 34.3 Å². The monoisotopic (exact) mass is 336 g/mol. The van der Waals surface area contributed by atoms with Gasteiger partial charge in [-0.1, -0.05) is 28.1 Å². The van der Waals surface area contributed by atoms with E-state index in [1.807, 2.05) is 24.3 Å². The molecule has 0 radical (unpaired) electrons. The maximum atomic E-state index is 12.6. The van der Waals surface area contributed by atoms with Gasteiger partial charge in [0.1, 0.15) is 5.41 Å². The molecule has 0 spiro atoms. The van der Waals surface area contributed by atoms with Crippen LogP contribution in [0.15, 0.2) is 28.7 Å². The van der Waals surface area contributed by atoms with E-state index in [0.29, 0.717) is 32.6 Å². The van der Waals surface area contributed by atoms with E-state index in [0.717, 1.165) is 10.0 Å².